The lowest BCUT2D eigenvalue weighted by Crippen LogP contribution is -2.41. The van der Waals surface area contributed by atoms with Gasteiger partial charge in [-0.3, -0.25) is 4.79 Å². The van der Waals surface area contributed by atoms with Crippen molar-refractivity contribution in [3.8, 4) is 0 Å². The smallest absolute Gasteiger partial charge is 0.251 e. The number of benzene rings is 1. The van der Waals surface area contributed by atoms with Gasteiger partial charge in [0.15, 0.2) is 0 Å². The Kier molecular flexibility index (Phi) is 6.06. The number of carbonyl (C=O) groups is 1. The third kappa shape index (κ3) is 5.05. The monoisotopic (exact) mass is 316 g/mol. The predicted octanol–water partition coefficient (Wildman–Crippen LogP) is 2.56. The van der Waals surface area contributed by atoms with Crippen molar-refractivity contribution in [2.75, 3.05) is 39.4 Å². The first-order chi connectivity index (χ1) is 11.3. The molecule has 1 amide bonds. The first-order valence-electron chi connectivity index (χ1n) is 8.94. The summed E-state index contributed by atoms with van der Waals surface area (Å²) in [6.45, 7) is 6.18. The Morgan fingerprint density at radius 3 is 2.61 bits per heavy atom. The van der Waals surface area contributed by atoms with Crippen molar-refractivity contribution >= 4 is 5.91 Å². The Morgan fingerprint density at radius 1 is 1.13 bits per heavy atom. The van der Waals surface area contributed by atoms with Gasteiger partial charge in [-0.1, -0.05) is 18.2 Å². The van der Waals surface area contributed by atoms with Gasteiger partial charge in [-0.25, -0.2) is 0 Å². The zero-order valence-corrected chi connectivity index (χ0v) is 13.9. The zero-order valence-electron chi connectivity index (χ0n) is 13.9. The molecule has 1 N–H and O–H groups in total. The molecule has 1 aromatic rings. The maximum absolute atomic E-state index is 12.1. The minimum absolute atomic E-state index is 0.0485. The van der Waals surface area contributed by atoms with Crippen LogP contribution in [0.2, 0.25) is 0 Å². The average molecular weight is 316 g/mol. The van der Waals surface area contributed by atoms with E-state index in [4.69, 9.17) is 4.74 Å². The van der Waals surface area contributed by atoms with E-state index in [1.54, 1.807) is 0 Å². The van der Waals surface area contributed by atoms with E-state index in [-0.39, 0.29) is 5.91 Å². The van der Waals surface area contributed by atoms with Crippen LogP contribution in [0.1, 0.15) is 36.0 Å². The first-order valence-corrected chi connectivity index (χ1v) is 8.94. The molecule has 0 spiro atoms. The summed E-state index contributed by atoms with van der Waals surface area (Å²) in [6, 6.07) is 9.48. The van der Waals surface area contributed by atoms with Crippen LogP contribution >= 0.6 is 0 Å². The molecule has 2 saturated heterocycles. The second-order valence-electron chi connectivity index (χ2n) is 6.90. The number of likely N-dealkylation sites (tertiary alicyclic amines) is 1. The van der Waals surface area contributed by atoms with Crippen molar-refractivity contribution in [2.24, 2.45) is 11.8 Å². The molecular weight excluding hydrogens is 288 g/mol. The molecule has 1 aromatic carbocycles. The molecule has 0 bridgehead atoms. The maximum atomic E-state index is 12.1. The molecule has 4 heteroatoms. The number of rotatable bonds is 5. The SMILES string of the molecule is O=C(NCC1CCN(CC2CCCOC2)CC1)c1ccccc1. The fourth-order valence-corrected chi connectivity index (χ4v) is 3.62. The number of hydrogen-bond acceptors (Lipinski definition) is 3. The van der Waals surface area contributed by atoms with Gasteiger partial charge in [0, 0.05) is 25.3 Å². The highest BCUT2D eigenvalue weighted by molar-refractivity contribution is 5.94. The number of carbonyl (C=O) groups excluding carboxylic acids is 1. The Morgan fingerprint density at radius 2 is 1.91 bits per heavy atom. The Bertz CT molecular complexity index is 477. The average Bonchev–Trinajstić information content (AvgIpc) is 2.62. The fraction of sp³-hybridized carbons (Fsp3) is 0.632. The van der Waals surface area contributed by atoms with E-state index >= 15 is 0 Å². The molecule has 2 fully saturated rings. The van der Waals surface area contributed by atoms with Crippen LogP contribution in [0.5, 0.6) is 0 Å². The molecule has 23 heavy (non-hydrogen) atoms. The second kappa shape index (κ2) is 8.46. The second-order valence-corrected chi connectivity index (χ2v) is 6.90. The van der Waals surface area contributed by atoms with Gasteiger partial charge in [0.1, 0.15) is 0 Å². The van der Waals surface area contributed by atoms with Crippen LogP contribution < -0.4 is 5.32 Å². The molecule has 126 valence electrons. The molecule has 4 nitrogen and oxygen atoms in total. The normalized spacial score (nSPS) is 23.6. The number of hydrogen-bond donors (Lipinski definition) is 1. The molecule has 1 atom stereocenters. The van der Waals surface area contributed by atoms with Crippen molar-refractivity contribution in [3.05, 3.63) is 35.9 Å². The van der Waals surface area contributed by atoms with Gasteiger partial charge in [0.05, 0.1) is 6.61 Å². The van der Waals surface area contributed by atoms with Crippen LogP contribution in [0.25, 0.3) is 0 Å². The third-order valence-electron chi connectivity index (χ3n) is 5.07. The molecule has 1 unspecified atom stereocenters. The van der Waals surface area contributed by atoms with Gasteiger partial charge >= 0.3 is 0 Å². The van der Waals surface area contributed by atoms with Gasteiger partial charge in [-0.2, -0.15) is 0 Å². The Balaban J connectivity index is 1.35. The standard InChI is InChI=1S/C19H28N2O2/c22-19(18-6-2-1-3-7-18)20-13-16-8-10-21(11-9-16)14-17-5-4-12-23-15-17/h1-3,6-7,16-17H,4-5,8-15H2,(H,20,22). The van der Waals surface area contributed by atoms with Crippen molar-refractivity contribution in [1.82, 2.24) is 10.2 Å². The molecule has 0 aromatic heterocycles. The largest absolute Gasteiger partial charge is 0.381 e. The summed E-state index contributed by atoms with van der Waals surface area (Å²) in [7, 11) is 0. The van der Waals surface area contributed by atoms with E-state index in [0.29, 0.717) is 5.92 Å². The summed E-state index contributed by atoms with van der Waals surface area (Å²) in [4.78, 5) is 14.7. The predicted molar refractivity (Wildman–Crippen MR) is 91.5 cm³/mol. The summed E-state index contributed by atoms with van der Waals surface area (Å²) in [5.41, 5.74) is 0.752. The van der Waals surface area contributed by atoms with E-state index in [2.05, 4.69) is 10.2 Å². The summed E-state index contributed by atoms with van der Waals surface area (Å²) in [5, 5.41) is 3.09. The highest BCUT2D eigenvalue weighted by Gasteiger charge is 2.23. The van der Waals surface area contributed by atoms with Crippen LogP contribution in [-0.4, -0.2) is 50.2 Å². The van der Waals surface area contributed by atoms with Crippen LogP contribution in [0.4, 0.5) is 0 Å². The third-order valence-corrected chi connectivity index (χ3v) is 5.07. The van der Waals surface area contributed by atoms with E-state index in [1.165, 1.54) is 32.2 Å². The maximum Gasteiger partial charge on any atom is 0.251 e. The molecule has 0 radical (unpaired) electrons. The minimum atomic E-state index is 0.0485. The number of nitrogens with zero attached hydrogens (tertiary/aromatic N) is 1. The molecule has 3 rings (SSSR count). The molecule has 2 aliphatic rings. The quantitative estimate of drug-likeness (QED) is 0.908. The lowest BCUT2D eigenvalue weighted by molar-refractivity contribution is 0.0326. The lowest BCUT2D eigenvalue weighted by atomic mass is 9.94. The summed E-state index contributed by atoms with van der Waals surface area (Å²) < 4.78 is 5.58. The number of piperidine rings is 1. The Labute approximate surface area is 139 Å². The molecular formula is C19H28N2O2. The zero-order chi connectivity index (χ0) is 15.9. The summed E-state index contributed by atoms with van der Waals surface area (Å²) >= 11 is 0. The highest BCUT2D eigenvalue weighted by Crippen LogP contribution is 2.20. The van der Waals surface area contributed by atoms with E-state index in [0.717, 1.165) is 44.3 Å². The fourth-order valence-electron chi connectivity index (χ4n) is 3.62. The molecule has 2 heterocycles. The van der Waals surface area contributed by atoms with E-state index in [9.17, 15) is 4.79 Å². The van der Waals surface area contributed by atoms with Crippen LogP contribution in [-0.2, 0) is 4.74 Å². The van der Waals surface area contributed by atoms with E-state index in [1.807, 2.05) is 30.3 Å². The van der Waals surface area contributed by atoms with Crippen molar-refractivity contribution in [2.45, 2.75) is 25.7 Å². The number of amides is 1. The summed E-state index contributed by atoms with van der Waals surface area (Å²) in [6.07, 6.45) is 4.89. The van der Waals surface area contributed by atoms with Crippen molar-refractivity contribution < 1.29 is 9.53 Å². The lowest BCUT2D eigenvalue weighted by Gasteiger charge is -2.35. The first kappa shape index (κ1) is 16.5. The van der Waals surface area contributed by atoms with Crippen molar-refractivity contribution in [3.63, 3.8) is 0 Å². The van der Waals surface area contributed by atoms with Crippen LogP contribution in [0.15, 0.2) is 30.3 Å². The Hall–Kier alpha value is -1.39. The molecule has 0 saturated carbocycles. The summed E-state index contributed by atoms with van der Waals surface area (Å²) in [5.74, 6) is 1.38. The molecule has 0 aliphatic carbocycles. The van der Waals surface area contributed by atoms with Gasteiger partial charge in [-0.05, 0) is 62.7 Å². The van der Waals surface area contributed by atoms with Crippen LogP contribution in [0, 0.1) is 11.8 Å². The highest BCUT2D eigenvalue weighted by atomic mass is 16.5. The van der Waals surface area contributed by atoms with Gasteiger partial charge < -0.3 is 15.0 Å². The molecule has 2 aliphatic heterocycles. The van der Waals surface area contributed by atoms with E-state index < -0.39 is 0 Å². The van der Waals surface area contributed by atoms with Crippen molar-refractivity contribution in [1.29, 1.82) is 0 Å². The minimum Gasteiger partial charge on any atom is -0.381 e. The number of nitrogens with one attached hydrogen (secondary N) is 1. The van der Waals surface area contributed by atoms with Gasteiger partial charge in [0.25, 0.3) is 5.91 Å². The van der Waals surface area contributed by atoms with Gasteiger partial charge in [0.2, 0.25) is 0 Å². The number of ether oxygens (including phenoxy) is 1. The van der Waals surface area contributed by atoms with Gasteiger partial charge in [-0.15, -0.1) is 0 Å². The topological polar surface area (TPSA) is 41.6 Å². The van der Waals surface area contributed by atoms with Crippen LogP contribution in [0.3, 0.4) is 0 Å².